The summed E-state index contributed by atoms with van der Waals surface area (Å²) >= 11 is 1.25. The number of nitrogens with one attached hydrogen (secondary N) is 1. The molecule has 3 fully saturated rings. The monoisotopic (exact) mass is 599 g/mol. The van der Waals surface area contributed by atoms with E-state index < -0.39 is 34.7 Å². The van der Waals surface area contributed by atoms with Crippen LogP contribution in [0, 0.1) is 11.3 Å². The molecular weight excluding hydrogens is 558 g/mol. The van der Waals surface area contributed by atoms with Crippen molar-refractivity contribution in [1.29, 1.82) is 0 Å². The Hall–Kier alpha value is -3.09. The van der Waals surface area contributed by atoms with Crippen LogP contribution in [0.2, 0.25) is 0 Å². The van der Waals surface area contributed by atoms with Gasteiger partial charge in [0.1, 0.15) is 10.5 Å². The van der Waals surface area contributed by atoms with Crippen LogP contribution < -0.4 is 5.32 Å². The summed E-state index contributed by atoms with van der Waals surface area (Å²) in [6.45, 7) is 11.2. The van der Waals surface area contributed by atoms with E-state index in [2.05, 4.69) is 10.3 Å². The smallest absolute Gasteiger partial charge is 0.410 e. The van der Waals surface area contributed by atoms with E-state index in [1.807, 2.05) is 39.0 Å². The first-order valence-corrected chi connectivity index (χ1v) is 15.4. The maximum atomic E-state index is 14.1. The van der Waals surface area contributed by atoms with Gasteiger partial charge in [0, 0.05) is 56.4 Å². The fraction of sp³-hybridized carbons (Fsp3) is 0.633. The highest BCUT2D eigenvalue weighted by Gasteiger charge is 2.59. The molecule has 3 amide bonds. The zero-order chi connectivity index (χ0) is 30.3. The molecular formula is C30H41N5O6S. The Morgan fingerprint density at radius 2 is 1.81 bits per heavy atom. The van der Waals surface area contributed by atoms with Gasteiger partial charge >= 0.3 is 6.09 Å². The molecule has 11 nitrogen and oxygen atoms in total. The van der Waals surface area contributed by atoms with E-state index in [1.54, 1.807) is 29.2 Å². The van der Waals surface area contributed by atoms with E-state index >= 15 is 0 Å². The summed E-state index contributed by atoms with van der Waals surface area (Å²) in [5.41, 5.74) is 0.503. The number of pyridine rings is 1. The third-order valence-corrected chi connectivity index (χ3v) is 9.04. The van der Waals surface area contributed by atoms with Gasteiger partial charge in [-0.05, 0) is 59.6 Å². The Bertz CT molecular complexity index is 1290. The molecule has 12 heteroatoms. The molecule has 3 saturated heterocycles. The van der Waals surface area contributed by atoms with Gasteiger partial charge in [0.15, 0.2) is 0 Å². The zero-order valence-electron chi connectivity index (χ0n) is 25.0. The summed E-state index contributed by atoms with van der Waals surface area (Å²) in [7, 11) is 0. The molecule has 2 aromatic rings. The van der Waals surface area contributed by atoms with Crippen LogP contribution in [0.3, 0.4) is 0 Å². The average molecular weight is 600 g/mol. The number of rotatable bonds is 6. The zero-order valence-corrected chi connectivity index (χ0v) is 25.8. The third kappa shape index (κ3) is 6.45. The highest BCUT2D eigenvalue weighted by atomic mass is 32.1. The van der Waals surface area contributed by atoms with Gasteiger partial charge in [-0.1, -0.05) is 6.07 Å². The van der Waals surface area contributed by atoms with Gasteiger partial charge < -0.3 is 29.7 Å². The van der Waals surface area contributed by atoms with Gasteiger partial charge in [0.25, 0.3) is 5.91 Å². The molecule has 0 bridgehead atoms. The molecule has 1 spiro atoms. The first kappa shape index (κ1) is 30.4. The van der Waals surface area contributed by atoms with Gasteiger partial charge in [-0.2, -0.15) is 0 Å². The highest BCUT2D eigenvalue weighted by molar-refractivity contribution is 7.11. The predicted molar refractivity (Wildman–Crippen MR) is 156 cm³/mol. The molecule has 0 saturated carbocycles. The van der Waals surface area contributed by atoms with Gasteiger partial charge in [-0.3, -0.25) is 19.6 Å². The van der Waals surface area contributed by atoms with Crippen molar-refractivity contribution in [2.45, 2.75) is 70.6 Å². The first-order chi connectivity index (χ1) is 19.8. The Morgan fingerprint density at radius 3 is 2.43 bits per heavy atom. The second kappa shape index (κ2) is 11.5. The second-order valence-corrected chi connectivity index (χ2v) is 14.2. The molecule has 2 atom stereocenters. The van der Waals surface area contributed by atoms with Crippen LogP contribution in [-0.2, 0) is 14.3 Å². The Balaban J connectivity index is 1.38. The van der Waals surface area contributed by atoms with Crippen LogP contribution >= 0.6 is 11.3 Å². The molecule has 0 aromatic carbocycles. The summed E-state index contributed by atoms with van der Waals surface area (Å²) < 4.78 is 11.1. The quantitative estimate of drug-likeness (QED) is 0.516. The maximum absolute atomic E-state index is 14.1. The van der Waals surface area contributed by atoms with Crippen LogP contribution in [0.4, 0.5) is 4.79 Å². The summed E-state index contributed by atoms with van der Waals surface area (Å²) in [6, 6.07) is 4.94. The van der Waals surface area contributed by atoms with E-state index in [0.29, 0.717) is 30.3 Å². The van der Waals surface area contributed by atoms with Crippen LogP contribution in [0.15, 0.2) is 29.9 Å². The van der Waals surface area contributed by atoms with E-state index in [1.165, 1.54) is 17.5 Å². The summed E-state index contributed by atoms with van der Waals surface area (Å²) in [5.74, 6) is -0.816. The minimum Gasteiger partial charge on any atom is -0.444 e. The van der Waals surface area contributed by atoms with Crippen molar-refractivity contribution in [3.63, 3.8) is 0 Å². The number of amides is 3. The highest BCUT2D eigenvalue weighted by Crippen LogP contribution is 2.45. The van der Waals surface area contributed by atoms with Gasteiger partial charge in [-0.15, -0.1) is 11.3 Å². The number of likely N-dealkylation sites (tertiary alicyclic amines) is 2. The van der Waals surface area contributed by atoms with Crippen molar-refractivity contribution in [2.24, 2.45) is 11.3 Å². The first-order valence-electron chi connectivity index (χ1n) is 14.5. The normalized spacial score (nSPS) is 21.6. The molecule has 3 aliphatic rings. The fourth-order valence-electron chi connectivity index (χ4n) is 6.16. The van der Waals surface area contributed by atoms with Crippen molar-refractivity contribution >= 4 is 29.2 Å². The lowest BCUT2D eigenvalue weighted by atomic mass is 9.71. The number of aliphatic hydroxyl groups is 1. The number of aromatic nitrogens is 2. The standard InChI is InChI=1S/C30H41N5O6S/c1-28(2,3)41-27(38)35-16-30(17-35)15-34(26(37)23-13-31-18-42-23)14-20(30)25(36)33-24(29(4,5)39)22-8-6-7-21(32-22)19-9-11-40-12-10-19/h6-8,13,18-20,24,39H,9-12,14-17H2,1-5H3,(H,33,36). The molecule has 2 N–H and O–H groups in total. The van der Waals surface area contributed by atoms with Crippen LogP contribution in [0.5, 0.6) is 0 Å². The molecule has 5 heterocycles. The Kier molecular flexibility index (Phi) is 8.34. The Labute approximate surface area is 250 Å². The van der Waals surface area contributed by atoms with Crippen LogP contribution in [-0.4, -0.2) is 93.4 Å². The lowest BCUT2D eigenvalue weighted by Crippen LogP contribution is -2.65. The van der Waals surface area contributed by atoms with Crippen molar-refractivity contribution in [1.82, 2.24) is 25.1 Å². The van der Waals surface area contributed by atoms with Crippen molar-refractivity contribution in [3.8, 4) is 0 Å². The van der Waals surface area contributed by atoms with Gasteiger partial charge in [0.2, 0.25) is 5.91 Å². The number of carbonyl (C=O) groups excluding carboxylic acids is 3. The Morgan fingerprint density at radius 1 is 1.12 bits per heavy atom. The van der Waals surface area contributed by atoms with E-state index in [9.17, 15) is 19.5 Å². The molecule has 42 heavy (non-hydrogen) atoms. The SMILES string of the molecule is CC(C)(C)OC(=O)N1CC2(C1)CN(C(=O)c1cncs1)CC2C(=O)NC(c1cccc(C2CCOCC2)n1)C(C)(C)O. The molecule has 2 unspecified atom stereocenters. The van der Waals surface area contributed by atoms with E-state index in [-0.39, 0.29) is 37.4 Å². The minimum atomic E-state index is -1.32. The lowest BCUT2D eigenvalue weighted by Gasteiger charge is -2.50. The largest absolute Gasteiger partial charge is 0.444 e. The number of hydrogen-bond donors (Lipinski definition) is 2. The molecule has 5 rings (SSSR count). The molecule has 3 aliphatic heterocycles. The molecule has 0 radical (unpaired) electrons. The second-order valence-electron chi connectivity index (χ2n) is 13.3. The van der Waals surface area contributed by atoms with Crippen molar-refractivity contribution in [3.05, 3.63) is 46.2 Å². The van der Waals surface area contributed by atoms with Gasteiger partial charge in [-0.25, -0.2) is 4.79 Å². The number of thiazole rings is 1. The molecule has 2 aromatic heterocycles. The topological polar surface area (TPSA) is 134 Å². The number of nitrogens with zero attached hydrogens (tertiary/aromatic N) is 4. The van der Waals surface area contributed by atoms with Crippen molar-refractivity contribution in [2.75, 3.05) is 39.4 Å². The number of hydrogen-bond acceptors (Lipinski definition) is 9. The minimum absolute atomic E-state index is 0.187. The predicted octanol–water partition coefficient (Wildman–Crippen LogP) is 3.37. The number of carbonyl (C=O) groups is 3. The average Bonchev–Trinajstić information content (AvgIpc) is 3.58. The van der Waals surface area contributed by atoms with Gasteiger partial charge in [0.05, 0.1) is 35.0 Å². The maximum Gasteiger partial charge on any atom is 0.410 e. The van der Waals surface area contributed by atoms with Crippen LogP contribution in [0.25, 0.3) is 0 Å². The summed E-state index contributed by atoms with van der Waals surface area (Å²) in [4.78, 5) is 52.8. The number of ether oxygens (including phenoxy) is 2. The lowest BCUT2D eigenvalue weighted by molar-refractivity contribution is -0.135. The fourth-order valence-corrected chi connectivity index (χ4v) is 6.74. The van der Waals surface area contributed by atoms with E-state index in [4.69, 9.17) is 14.5 Å². The van der Waals surface area contributed by atoms with Crippen LogP contribution in [0.1, 0.15) is 80.5 Å². The summed E-state index contributed by atoms with van der Waals surface area (Å²) in [5, 5.41) is 14.3. The summed E-state index contributed by atoms with van der Waals surface area (Å²) in [6.07, 6.45) is 2.84. The van der Waals surface area contributed by atoms with E-state index in [0.717, 1.165) is 18.5 Å². The molecule has 0 aliphatic carbocycles. The van der Waals surface area contributed by atoms with Crippen molar-refractivity contribution < 1.29 is 29.0 Å². The molecule has 228 valence electrons. The third-order valence-electron chi connectivity index (χ3n) is 8.28.